The normalized spacial score (nSPS) is 13.5. The van der Waals surface area contributed by atoms with E-state index in [2.05, 4.69) is 20.9 Å². The van der Waals surface area contributed by atoms with E-state index in [-0.39, 0.29) is 19.3 Å². The lowest BCUT2D eigenvalue weighted by Gasteiger charge is -2.15. The summed E-state index contributed by atoms with van der Waals surface area (Å²) in [4.78, 5) is 0. The molecule has 102 valence electrons. The van der Waals surface area contributed by atoms with Crippen LogP contribution in [-0.4, -0.2) is 40.9 Å². The highest BCUT2D eigenvalue weighted by molar-refractivity contribution is 7.81. The van der Waals surface area contributed by atoms with Gasteiger partial charge in [-0.3, -0.25) is 0 Å². The summed E-state index contributed by atoms with van der Waals surface area (Å²) in [5.74, 6) is 4.47. The van der Waals surface area contributed by atoms with E-state index in [1.165, 1.54) is 0 Å². The van der Waals surface area contributed by atoms with Crippen molar-refractivity contribution in [3.05, 3.63) is 12.7 Å². The Hall–Kier alpha value is -0.510. The molecule has 0 aliphatic rings. The van der Waals surface area contributed by atoms with Gasteiger partial charge in [0.25, 0.3) is 0 Å². The molecular formula is C9H19NO6S. The number of hydrogen-bond donors (Lipinski definition) is 1. The Balaban J connectivity index is 3.66. The van der Waals surface area contributed by atoms with Crippen LogP contribution in [0.3, 0.4) is 0 Å². The monoisotopic (exact) mass is 269 g/mol. The SMILES string of the molecule is C=CCOCC(CC)OCCOS(=O)(=O)ON. The molecule has 0 rings (SSSR count). The molecule has 0 fully saturated rings. The zero-order valence-corrected chi connectivity index (χ0v) is 10.6. The van der Waals surface area contributed by atoms with Gasteiger partial charge in [-0.15, -0.1) is 6.58 Å². The van der Waals surface area contributed by atoms with Crippen LogP contribution in [0.4, 0.5) is 0 Å². The van der Waals surface area contributed by atoms with Crippen molar-refractivity contribution < 1.29 is 26.4 Å². The largest absolute Gasteiger partial charge is 0.415 e. The van der Waals surface area contributed by atoms with Gasteiger partial charge in [0.1, 0.15) is 0 Å². The lowest BCUT2D eigenvalue weighted by atomic mass is 10.3. The fourth-order valence-corrected chi connectivity index (χ4v) is 1.27. The molecule has 0 aromatic carbocycles. The Morgan fingerprint density at radius 1 is 1.41 bits per heavy atom. The van der Waals surface area contributed by atoms with Crippen molar-refractivity contribution >= 4 is 10.4 Å². The van der Waals surface area contributed by atoms with Crippen LogP contribution in [0.25, 0.3) is 0 Å². The third-order valence-electron chi connectivity index (χ3n) is 1.78. The summed E-state index contributed by atoms with van der Waals surface area (Å²) in [6.45, 7) is 6.27. The number of hydrogen-bond acceptors (Lipinski definition) is 7. The van der Waals surface area contributed by atoms with Gasteiger partial charge in [0.2, 0.25) is 0 Å². The zero-order chi connectivity index (χ0) is 13.1. The van der Waals surface area contributed by atoms with Crippen molar-refractivity contribution in [1.82, 2.24) is 0 Å². The van der Waals surface area contributed by atoms with Crippen molar-refractivity contribution in [1.29, 1.82) is 0 Å². The smallest absolute Gasteiger partial charge is 0.375 e. The second kappa shape index (κ2) is 9.51. The molecule has 0 heterocycles. The summed E-state index contributed by atoms with van der Waals surface area (Å²) in [6.07, 6.45) is 2.28. The number of rotatable bonds is 11. The first kappa shape index (κ1) is 16.5. The van der Waals surface area contributed by atoms with E-state index in [1.54, 1.807) is 6.08 Å². The van der Waals surface area contributed by atoms with Gasteiger partial charge < -0.3 is 9.47 Å². The van der Waals surface area contributed by atoms with E-state index in [0.29, 0.717) is 13.2 Å². The minimum absolute atomic E-state index is 0.110. The molecule has 0 amide bonds. The Labute approximate surface area is 102 Å². The molecule has 17 heavy (non-hydrogen) atoms. The van der Waals surface area contributed by atoms with Crippen LogP contribution in [0.5, 0.6) is 0 Å². The Bertz CT molecular complexity index is 292. The molecule has 0 spiro atoms. The molecule has 0 aromatic heterocycles. The molecule has 0 saturated heterocycles. The second-order valence-corrected chi connectivity index (χ2v) is 4.30. The van der Waals surface area contributed by atoms with E-state index in [1.807, 2.05) is 6.92 Å². The Kier molecular flexibility index (Phi) is 9.23. The van der Waals surface area contributed by atoms with Gasteiger partial charge in [-0.2, -0.15) is 18.6 Å². The molecule has 8 heteroatoms. The van der Waals surface area contributed by atoms with Gasteiger partial charge in [-0.05, 0) is 6.42 Å². The average molecular weight is 269 g/mol. The van der Waals surface area contributed by atoms with E-state index in [0.717, 1.165) is 6.42 Å². The lowest BCUT2D eigenvalue weighted by Crippen LogP contribution is -2.23. The summed E-state index contributed by atoms with van der Waals surface area (Å²) in [5, 5.41) is 0. The maximum atomic E-state index is 10.7. The van der Waals surface area contributed by atoms with E-state index < -0.39 is 10.4 Å². The molecule has 1 unspecified atom stereocenters. The maximum Gasteiger partial charge on any atom is 0.415 e. The summed E-state index contributed by atoms with van der Waals surface area (Å²) < 4.78 is 39.8. The van der Waals surface area contributed by atoms with Crippen LogP contribution in [0, 0.1) is 0 Å². The van der Waals surface area contributed by atoms with Crippen molar-refractivity contribution in [2.75, 3.05) is 26.4 Å². The minimum Gasteiger partial charge on any atom is -0.375 e. The van der Waals surface area contributed by atoms with E-state index in [4.69, 9.17) is 9.47 Å². The molecule has 0 radical (unpaired) electrons. The lowest BCUT2D eigenvalue weighted by molar-refractivity contribution is -0.0216. The summed E-state index contributed by atoms with van der Waals surface area (Å²) in [7, 11) is -4.09. The average Bonchev–Trinajstić information content (AvgIpc) is 2.32. The third kappa shape index (κ3) is 9.22. The molecular weight excluding hydrogens is 250 g/mol. The summed E-state index contributed by atoms with van der Waals surface area (Å²) >= 11 is 0. The highest BCUT2D eigenvalue weighted by Crippen LogP contribution is 2.00. The highest BCUT2D eigenvalue weighted by Gasteiger charge is 2.11. The second-order valence-electron chi connectivity index (χ2n) is 3.05. The maximum absolute atomic E-state index is 10.7. The first-order valence-electron chi connectivity index (χ1n) is 5.13. The number of ether oxygens (including phenoxy) is 2. The molecule has 0 saturated carbocycles. The van der Waals surface area contributed by atoms with Crippen molar-refractivity contribution in [2.24, 2.45) is 5.90 Å². The highest BCUT2D eigenvalue weighted by atomic mass is 32.3. The van der Waals surface area contributed by atoms with Crippen LogP contribution < -0.4 is 5.90 Å². The fourth-order valence-electron chi connectivity index (χ4n) is 0.945. The van der Waals surface area contributed by atoms with Gasteiger partial charge in [-0.1, -0.05) is 13.0 Å². The molecule has 7 nitrogen and oxygen atoms in total. The first-order chi connectivity index (χ1) is 8.05. The molecule has 0 aromatic rings. The van der Waals surface area contributed by atoms with Crippen molar-refractivity contribution in [2.45, 2.75) is 19.4 Å². The quantitative estimate of drug-likeness (QED) is 0.323. The molecule has 0 aliphatic carbocycles. The molecule has 0 bridgehead atoms. The topological polar surface area (TPSA) is 97.1 Å². The van der Waals surface area contributed by atoms with Gasteiger partial charge in [-0.25, -0.2) is 4.18 Å². The van der Waals surface area contributed by atoms with E-state index >= 15 is 0 Å². The number of nitrogens with two attached hydrogens (primary N) is 1. The van der Waals surface area contributed by atoms with Crippen LogP contribution >= 0.6 is 0 Å². The summed E-state index contributed by atoms with van der Waals surface area (Å²) in [6, 6.07) is 0. The predicted molar refractivity (Wildman–Crippen MR) is 61.2 cm³/mol. The third-order valence-corrected chi connectivity index (χ3v) is 2.47. The van der Waals surface area contributed by atoms with Crippen LogP contribution in [0.15, 0.2) is 12.7 Å². The van der Waals surface area contributed by atoms with Gasteiger partial charge in [0, 0.05) is 0 Å². The predicted octanol–water partition coefficient (Wildman–Crippen LogP) is 0.136. The van der Waals surface area contributed by atoms with Crippen LogP contribution in [0.1, 0.15) is 13.3 Å². The molecule has 0 aliphatic heterocycles. The Morgan fingerprint density at radius 2 is 2.12 bits per heavy atom. The van der Waals surface area contributed by atoms with Crippen molar-refractivity contribution in [3.63, 3.8) is 0 Å². The standard InChI is InChI=1S/C9H19NO6S/c1-3-5-13-8-9(4-2)14-6-7-15-17(11,12)16-10/h3,9H,1,4-8,10H2,2H3. The fraction of sp³-hybridized carbons (Fsp3) is 0.778. The van der Waals surface area contributed by atoms with E-state index in [9.17, 15) is 8.42 Å². The first-order valence-corrected chi connectivity index (χ1v) is 6.47. The summed E-state index contributed by atoms with van der Waals surface area (Å²) in [5.41, 5.74) is 0. The van der Waals surface area contributed by atoms with Crippen molar-refractivity contribution in [3.8, 4) is 0 Å². The Morgan fingerprint density at radius 3 is 2.65 bits per heavy atom. The van der Waals surface area contributed by atoms with Crippen LogP contribution in [-0.2, 0) is 28.3 Å². The minimum atomic E-state index is -4.09. The van der Waals surface area contributed by atoms with Crippen LogP contribution in [0.2, 0.25) is 0 Å². The molecule has 2 N–H and O–H groups in total. The van der Waals surface area contributed by atoms with Gasteiger partial charge >= 0.3 is 10.4 Å². The zero-order valence-electron chi connectivity index (χ0n) is 9.83. The van der Waals surface area contributed by atoms with Gasteiger partial charge in [0.15, 0.2) is 0 Å². The van der Waals surface area contributed by atoms with Gasteiger partial charge in [0.05, 0.1) is 32.5 Å². The molecule has 1 atom stereocenters.